The first-order valence-electron chi connectivity index (χ1n) is 7.67. The molecule has 0 radical (unpaired) electrons. The lowest BCUT2D eigenvalue weighted by molar-refractivity contribution is 0.393. The monoisotopic (exact) mass is 301 g/mol. The molecule has 22 heavy (non-hydrogen) atoms. The highest BCUT2D eigenvalue weighted by Gasteiger charge is 2.24. The van der Waals surface area contributed by atoms with Gasteiger partial charge in [0.15, 0.2) is 0 Å². The smallest absolute Gasteiger partial charge is 0.124 e. The number of piperidine rings is 1. The van der Waals surface area contributed by atoms with Crippen molar-refractivity contribution in [3.63, 3.8) is 0 Å². The van der Waals surface area contributed by atoms with Gasteiger partial charge >= 0.3 is 0 Å². The maximum atomic E-state index is 5.39. The number of anilines is 1. The average Bonchev–Trinajstić information content (AvgIpc) is 3.00. The van der Waals surface area contributed by atoms with E-state index in [1.54, 1.807) is 14.2 Å². The number of nitrogens with zero attached hydrogens (tertiary/aromatic N) is 3. The van der Waals surface area contributed by atoms with Gasteiger partial charge in [-0.3, -0.25) is 4.68 Å². The van der Waals surface area contributed by atoms with Crippen LogP contribution in [0, 0.1) is 0 Å². The van der Waals surface area contributed by atoms with Crippen molar-refractivity contribution in [3.05, 3.63) is 36.2 Å². The van der Waals surface area contributed by atoms with Crippen molar-refractivity contribution in [2.24, 2.45) is 7.05 Å². The normalized spacial score (nSPS) is 18.3. The van der Waals surface area contributed by atoms with Gasteiger partial charge in [0.2, 0.25) is 0 Å². The van der Waals surface area contributed by atoms with Crippen molar-refractivity contribution in [2.45, 2.75) is 18.8 Å². The van der Waals surface area contributed by atoms with Gasteiger partial charge in [0.25, 0.3) is 0 Å². The molecule has 2 aromatic rings. The Morgan fingerprint density at radius 2 is 1.86 bits per heavy atom. The highest BCUT2D eigenvalue weighted by Crippen LogP contribution is 2.33. The zero-order valence-electron chi connectivity index (χ0n) is 13.5. The molecule has 5 heteroatoms. The molecule has 1 unspecified atom stereocenters. The molecule has 1 fully saturated rings. The molecule has 0 bridgehead atoms. The van der Waals surface area contributed by atoms with E-state index in [1.165, 1.54) is 18.5 Å². The van der Waals surface area contributed by atoms with Crippen molar-refractivity contribution >= 4 is 5.69 Å². The van der Waals surface area contributed by atoms with E-state index in [4.69, 9.17) is 9.47 Å². The van der Waals surface area contributed by atoms with Gasteiger partial charge in [0, 0.05) is 61.8 Å². The minimum Gasteiger partial charge on any atom is -0.497 e. The second-order valence-electron chi connectivity index (χ2n) is 5.74. The summed E-state index contributed by atoms with van der Waals surface area (Å²) in [6, 6.07) is 8.19. The third-order valence-corrected chi connectivity index (χ3v) is 4.40. The highest BCUT2D eigenvalue weighted by molar-refractivity contribution is 5.56. The Morgan fingerprint density at radius 3 is 2.45 bits per heavy atom. The molecule has 1 saturated heterocycles. The average molecular weight is 301 g/mol. The van der Waals surface area contributed by atoms with Gasteiger partial charge < -0.3 is 14.4 Å². The highest BCUT2D eigenvalue weighted by atomic mass is 16.5. The van der Waals surface area contributed by atoms with Crippen molar-refractivity contribution in [3.8, 4) is 11.5 Å². The summed E-state index contributed by atoms with van der Waals surface area (Å²) in [5, 5.41) is 4.30. The zero-order chi connectivity index (χ0) is 15.5. The lowest BCUT2D eigenvalue weighted by Gasteiger charge is -2.34. The fraction of sp³-hybridized carbons (Fsp3) is 0.471. The van der Waals surface area contributed by atoms with Crippen molar-refractivity contribution in [2.75, 3.05) is 32.2 Å². The molecule has 0 amide bonds. The van der Waals surface area contributed by atoms with Crippen molar-refractivity contribution in [1.29, 1.82) is 0 Å². The third-order valence-electron chi connectivity index (χ3n) is 4.40. The van der Waals surface area contributed by atoms with Crippen LogP contribution in [0.4, 0.5) is 5.69 Å². The largest absolute Gasteiger partial charge is 0.497 e. The Morgan fingerprint density at radius 1 is 1.14 bits per heavy atom. The number of hydrogen-bond donors (Lipinski definition) is 0. The van der Waals surface area contributed by atoms with E-state index in [9.17, 15) is 0 Å². The van der Waals surface area contributed by atoms with E-state index < -0.39 is 0 Å². The first kappa shape index (κ1) is 14.8. The van der Waals surface area contributed by atoms with E-state index in [2.05, 4.69) is 28.2 Å². The van der Waals surface area contributed by atoms with Crippen LogP contribution >= 0.6 is 0 Å². The second kappa shape index (κ2) is 6.30. The maximum Gasteiger partial charge on any atom is 0.124 e. The molecule has 1 aromatic carbocycles. The quantitative estimate of drug-likeness (QED) is 0.870. The molecule has 0 spiro atoms. The van der Waals surface area contributed by atoms with Crippen LogP contribution in [0.3, 0.4) is 0 Å². The lowest BCUT2D eigenvalue weighted by Crippen LogP contribution is -2.35. The van der Waals surface area contributed by atoms with Crippen LogP contribution in [0.5, 0.6) is 11.5 Å². The predicted octanol–water partition coefficient (Wildman–Crippen LogP) is 2.82. The first-order valence-corrected chi connectivity index (χ1v) is 7.67. The van der Waals surface area contributed by atoms with Crippen LogP contribution in [0.2, 0.25) is 0 Å². The third kappa shape index (κ3) is 2.89. The van der Waals surface area contributed by atoms with E-state index >= 15 is 0 Å². The number of benzene rings is 1. The topological polar surface area (TPSA) is 39.5 Å². The van der Waals surface area contributed by atoms with Gasteiger partial charge in [0.05, 0.1) is 14.2 Å². The molecule has 0 saturated carbocycles. The molecule has 0 N–H and O–H groups in total. The summed E-state index contributed by atoms with van der Waals surface area (Å²) >= 11 is 0. The molecule has 1 aliphatic rings. The zero-order valence-corrected chi connectivity index (χ0v) is 13.5. The summed E-state index contributed by atoms with van der Waals surface area (Å²) in [5.41, 5.74) is 2.46. The number of aryl methyl sites for hydroxylation is 1. The van der Waals surface area contributed by atoms with E-state index in [0.717, 1.165) is 30.3 Å². The predicted molar refractivity (Wildman–Crippen MR) is 86.9 cm³/mol. The fourth-order valence-electron chi connectivity index (χ4n) is 3.21. The molecule has 1 aromatic heterocycles. The molecule has 0 aliphatic carbocycles. The minimum atomic E-state index is 0.512. The van der Waals surface area contributed by atoms with Crippen molar-refractivity contribution in [1.82, 2.24) is 9.78 Å². The van der Waals surface area contributed by atoms with Crippen LogP contribution in [-0.4, -0.2) is 37.1 Å². The van der Waals surface area contributed by atoms with E-state index in [1.807, 2.05) is 24.0 Å². The van der Waals surface area contributed by atoms with Crippen LogP contribution in [0.15, 0.2) is 30.5 Å². The number of rotatable bonds is 4. The minimum absolute atomic E-state index is 0.512. The summed E-state index contributed by atoms with van der Waals surface area (Å²) in [6.45, 7) is 2.06. The molecule has 118 valence electrons. The van der Waals surface area contributed by atoms with Gasteiger partial charge in [-0.25, -0.2) is 0 Å². The molecular weight excluding hydrogens is 278 g/mol. The Bertz CT molecular complexity index is 616. The summed E-state index contributed by atoms with van der Waals surface area (Å²) < 4.78 is 12.8. The Labute approximate surface area is 131 Å². The molecule has 2 heterocycles. The van der Waals surface area contributed by atoms with Crippen molar-refractivity contribution < 1.29 is 9.47 Å². The number of aromatic nitrogens is 2. The second-order valence-corrected chi connectivity index (χ2v) is 5.74. The van der Waals surface area contributed by atoms with E-state index in [0.29, 0.717) is 5.92 Å². The fourth-order valence-corrected chi connectivity index (χ4v) is 3.21. The van der Waals surface area contributed by atoms with Gasteiger partial charge in [-0.1, -0.05) is 0 Å². The van der Waals surface area contributed by atoms with Crippen LogP contribution in [-0.2, 0) is 7.05 Å². The summed E-state index contributed by atoms with van der Waals surface area (Å²) in [7, 11) is 5.39. The van der Waals surface area contributed by atoms with Crippen LogP contribution < -0.4 is 14.4 Å². The SMILES string of the molecule is COc1cc(OC)cc(N2CCCC(c3ccnn3C)C2)c1. The lowest BCUT2D eigenvalue weighted by atomic mass is 9.94. The summed E-state index contributed by atoms with van der Waals surface area (Å²) in [4.78, 5) is 2.41. The van der Waals surface area contributed by atoms with E-state index in [-0.39, 0.29) is 0 Å². The molecule has 1 atom stereocenters. The van der Waals surface area contributed by atoms with Crippen LogP contribution in [0.25, 0.3) is 0 Å². The number of hydrogen-bond acceptors (Lipinski definition) is 4. The van der Waals surface area contributed by atoms with Gasteiger partial charge in [-0.2, -0.15) is 5.10 Å². The molecular formula is C17H23N3O2. The Balaban J connectivity index is 1.84. The molecule has 1 aliphatic heterocycles. The van der Waals surface area contributed by atoms with Gasteiger partial charge in [-0.05, 0) is 18.9 Å². The Kier molecular flexibility index (Phi) is 4.22. The first-order chi connectivity index (χ1) is 10.7. The molecule has 3 rings (SSSR count). The number of ether oxygens (including phenoxy) is 2. The van der Waals surface area contributed by atoms with Gasteiger partial charge in [0.1, 0.15) is 11.5 Å². The summed E-state index contributed by atoms with van der Waals surface area (Å²) in [6.07, 6.45) is 4.26. The van der Waals surface area contributed by atoms with Crippen LogP contribution in [0.1, 0.15) is 24.5 Å². The number of methoxy groups -OCH3 is 2. The maximum absolute atomic E-state index is 5.39. The molecule has 5 nitrogen and oxygen atoms in total. The summed E-state index contributed by atoms with van der Waals surface area (Å²) in [5.74, 6) is 2.17. The standard InChI is InChI=1S/C17H23N3O2/c1-19-17(6-7-18-19)13-5-4-8-20(12-13)14-9-15(21-2)11-16(10-14)22-3/h6-7,9-11,13H,4-5,8,12H2,1-3H3. The Hall–Kier alpha value is -2.17. The van der Waals surface area contributed by atoms with Gasteiger partial charge in [-0.15, -0.1) is 0 Å².